The highest BCUT2D eigenvalue weighted by molar-refractivity contribution is 5.96. The third-order valence-corrected chi connectivity index (χ3v) is 1.83. The maximum Gasteiger partial charge on any atom is 0.142 e. The minimum Gasteiger partial charge on any atom is -0.298 e. The molecule has 1 aromatic rings. The minimum absolute atomic E-state index is 0.199. The van der Waals surface area contributed by atoms with Crippen molar-refractivity contribution in [3.63, 3.8) is 0 Å². The van der Waals surface area contributed by atoms with Gasteiger partial charge in [-0.05, 0) is 30.7 Å². The molecule has 0 bridgehead atoms. The number of nitrogens with two attached hydrogens (primary N) is 1. The van der Waals surface area contributed by atoms with Gasteiger partial charge in [0.25, 0.3) is 0 Å². The van der Waals surface area contributed by atoms with Crippen molar-refractivity contribution in [3.8, 4) is 6.07 Å². The average molecular weight is 188 g/mol. The summed E-state index contributed by atoms with van der Waals surface area (Å²) >= 11 is 0. The summed E-state index contributed by atoms with van der Waals surface area (Å²) in [5.41, 5.74) is 2.16. The lowest BCUT2D eigenvalue weighted by molar-refractivity contribution is 0.536. The average Bonchev–Trinajstić information content (AvgIpc) is 2.15. The molecule has 0 heterocycles. The zero-order valence-electron chi connectivity index (χ0n) is 8.20. The number of benzene rings is 1. The van der Waals surface area contributed by atoms with Gasteiger partial charge >= 0.3 is 0 Å². The van der Waals surface area contributed by atoms with Crippen molar-refractivity contribution in [2.75, 3.05) is 7.05 Å². The van der Waals surface area contributed by atoms with E-state index in [9.17, 15) is 0 Å². The molecule has 0 aliphatic heterocycles. The highest BCUT2D eigenvalue weighted by atomic mass is 15.4. The van der Waals surface area contributed by atoms with E-state index in [0.29, 0.717) is 11.1 Å². The van der Waals surface area contributed by atoms with Crippen molar-refractivity contribution >= 4 is 5.84 Å². The zero-order chi connectivity index (χ0) is 10.7. The second-order valence-electron chi connectivity index (χ2n) is 3.16. The van der Waals surface area contributed by atoms with Crippen molar-refractivity contribution < 1.29 is 0 Å². The summed E-state index contributed by atoms with van der Waals surface area (Å²) < 4.78 is 0. The van der Waals surface area contributed by atoms with Gasteiger partial charge in [0.15, 0.2) is 0 Å². The summed E-state index contributed by atoms with van der Waals surface area (Å²) in [6.45, 7) is 1.88. The van der Waals surface area contributed by atoms with Gasteiger partial charge in [-0.25, -0.2) is 5.84 Å². The fourth-order valence-corrected chi connectivity index (χ4v) is 1.19. The molecule has 3 N–H and O–H groups in total. The molecular weight excluding hydrogens is 176 g/mol. The Hall–Kier alpha value is -1.86. The van der Waals surface area contributed by atoms with Gasteiger partial charge in [-0.1, -0.05) is 0 Å². The van der Waals surface area contributed by atoms with E-state index in [1.165, 1.54) is 5.01 Å². The zero-order valence-corrected chi connectivity index (χ0v) is 8.20. The molecule has 0 saturated heterocycles. The molecule has 0 radical (unpaired) electrons. The third-order valence-electron chi connectivity index (χ3n) is 1.83. The third kappa shape index (κ3) is 2.09. The molecule has 4 nitrogen and oxygen atoms in total. The first-order valence-electron chi connectivity index (χ1n) is 4.13. The lowest BCUT2D eigenvalue weighted by Gasteiger charge is -2.13. The first-order valence-corrected chi connectivity index (χ1v) is 4.13. The van der Waals surface area contributed by atoms with Crippen LogP contribution in [0.5, 0.6) is 0 Å². The number of hydrogen-bond acceptors (Lipinski definition) is 3. The first kappa shape index (κ1) is 10.2. The molecule has 0 spiro atoms. The highest BCUT2D eigenvalue weighted by Crippen LogP contribution is 2.09. The van der Waals surface area contributed by atoms with Gasteiger partial charge in [0.1, 0.15) is 5.84 Å². The van der Waals surface area contributed by atoms with E-state index in [2.05, 4.69) is 0 Å². The van der Waals surface area contributed by atoms with E-state index in [0.717, 1.165) is 5.56 Å². The van der Waals surface area contributed by atoms with Gasteiger partial charge in [-0.2, -0.15) is 5.26 Å². The van der Waals surface area contributed by atoms with Gasteiger partial charge in [0.2, 0.25) is 0 Å². The van der Waals surface area contributed by atoms with Crippen molar-refractivity contribution in [1.29, 1.82) is 10.7 Å². The van der Waals surface area contributed by atoms with E-state index in [1.807, 2.05) is 19.1 Å². The molecule has 0 amide bonds. The Morgan fingerprint density at radius 3 is 2.64 bits per heavy atom. The van der Waals surface area contributed by atoms with Crippen LogP contribution in [0.3, 0.4) is 0 Å². The predicted molar refractivity (Wildman–Crippen MR) is 54.7 cm³/mol. The number of hydrogen-bond donors (Lipinski definition) is 2. The summed E-state index contributed by atoms with van der Waals surface area (Å²) in [4.78, 5) is 0. The van der Waals surface area contributed by atoms with E-state index in [1.54, 1.807) is 19.2 Å². The topological polar surface area (TPSA) is 76.9 Å². The predicted octanol–water partition coefficient (Wildman–Crippen LogP) is 0.998. The van der Waals surface area contributed by atoms with Crippen molar-refractivity contribution in [2.24, 2.45) is 5.84 Å². The molecule has 0 aliphatic rings. The summed E-state index contributed by atoms with van der Waals surface area (Å²) in [6, 6.07) is 7.29. The van der Waals surface area contributed by atoms with Crippen molar-refractivity contribution in [1.82, 2.24) is 5.01 Å². The Morgan fingerprint density at radius 2 is 2.14 bits per heavy atom. The lowest BCUT2D eigenvalue weighted by Crippen LogP contribution is -2.33. The number of nitrogens with one attached hydrogen (secondary N) is 1. The van der Waals surface area contributed by atoms with Crippen LogP contribution in [-0.2, 0) is 0 Å². The fourth-order valence-electron chi connectivity index (χ4n) is 1.19. The molecule has 0 aliphatic carbocycles. The van der Waals surface area contributed by atoms with Crippen LogP contribution in [0.25, 0.3) is 0 Å². The van der Waals surface area contributed by atoms with Gasteiger partial charge in [-0.3, -0.25) is 10.4 Å². The van der Waals surface area contributed by atoms with Crippen LogP contribution >= 0.6 is 0 Å². The van der Waals surface area contributed by atoms with Gasteiger partial charge in [0.05, 0.1) is 11.6 Å². The smallest absolute Gasteiger partial charge is 0.142 e. The van der Waals surface area contributed by atoms with Crippen LogP contribution in [0.4, 0.5) is 0 Å². The maximum absolute atomic E-state index is 8.74. The van der Waals surface area contributed by atoms with Crippen LogP contribution in [0.1, 0.15) is 16.7 Å². The molecule has 0 aromatic heterocycles. The van der Waals surface area contributed by atoms with Crippen LogP contribution in [0.2, 0.25) is 0 Å². The molecule has 0 unspecified atom stereocenters. The van der Waals surface area contributed by atoms with Crippen molar-refractivity contribution in [3.05, 3.63) is 34.9 Å². The molecule has 0 fully saturated rings. The number of aryl methyl sites for hydroxylation is 1. The number of amidine groups is 1. The minimum atomic E-state index is 0.199. The van der Waals surface area contributed by atoms with E-state index < -0.39 is 0 Å². The maximum atomic E-state index is 8.74. The second kappa shape index (κ2) is 3.90. The molecule has 72 valence electrons. The Labute approximate surface area is 83.0 Å². The fraction of sp³-hybridized carbons (Fsp3) is 0.200. The standard InChI is InChI=1S/C10H12N4/c1-7-3-8(6-11)5-9(4-7)10(12)14(2)13/h3-5,12H,13H2,1-2H3. The molecule has 0 atom stereocenters. The Balaban J connectivity index is 3.17. The Morgan fingerprint density at radius 1 is 1.50 bits per heavy atom. The largest absolute Gasteiger partial charge is 0.298 e. The monoisotopic (exact) mass is 188 g/mol. The van der Waals surface area contributed by atoms with E-state index >= 15 is 0 Å². The number of nitriles is 1. The van der Waals surface area contributed by atoms with E-state index in [4.69, 9.17) is 16.5 Å². The Kier molecular flexibility index (Phi) is 2.85. The van der Waals surface area contributed by atoms with Gasteiger partial charge < -0.3 is 0 Å². The Bertz CT molecular complexity index is 401. The molecule has 4 heteroatoms. The van der Waals surface area contributed by atoms with Crippen molar-refractivity contribution in [2.45, 2.75) is 6.92 Å². The van der Waals surface area contributed by atoms with Gasteiger partial charge in [-0.15, -0.1) is 0 Å². The first-order chi connectivity index (χ1) is 6.54. The van der Waals surface area contributed by atoms with Gasteiger partial charge in [0, 0.05) is 12.6 Å². The van der Waals surface area contributed by atoms with E-state index in [-0.39, 0.29) is 5.84 Å². The van der Waals surface area contributed by atoms with Crippen LogP contribution in [0, 0.1) is 23.7 Å². The number of rotatable bonds is 1. The molecule has 1 rings (SSSR count). The SMILES string of the molecule is Cc1cc(C#N)cc(C(=N)N(C)N)c1. The molecule has 14 heavy (non-hydrogen) atoms. The number of hydrazine groups is 1. The summed E-state index contributed by atoms with van der Waals surface area (Å²) in [5.74, 6) is 5.63. The normalized spacial score (nSPS) is 9.29. The summed E-state index contributed by atoms with van der Waals surface area (Å²) in [6.07, 6.45) is 0. The van der Waals surface area contributed by atoms with Crippen LogP contribution in [0.15, 0.2) is 18.2 Å². The highest BCUT2D eigenvalue weighted by Gasteiger charge is 2.05. The number of nitrogens with zero attached hydrogens (tertiary/aromatic N) is 2. The van der Waals surface area contributed by atoms with Crippen LogP contribution < -0.4 is 5.84 Å². The quantitative estimate of drug-likeness (QED) is 0.299. The lowest BCUT2D eigenvalue weighted by atomic mass is 10.1. The van der Waals surface area contributed by atoms with Crippen LogP contribution in [-0.4, -0.2) is 17.9 Å². The summed E-state index contributed by atoms with van der Waals surface area (Å²) in [7, 11) is 1.59. The second-order valence-corrected chi connectivity index (χ2v) is 3.16. The summed E-state index contributed by atoms with van der Waals surface area (Å²) in [5, 5.41) is 17.6. The molecular formula is C10H12N4. The molecule has 1 aromatic carbocycles. The molecule has 0 saturated carbocycles.